The fourth-order valence-corrected chi connectivity index (χ4v) is 2.67. The Morgan fingerprint density at radius 2 is 1.96 bits per heavy atom. The molecule has 0 aliphatic carbocycles. The second kappa shape index (κ2) is 6.57. The summed E-state index contributed by atoms with van der Waals surface area (Å²) in [6, 6.07) is 14.5. The van der Waals surface area contributed by atoms with E-state index in [4.69, 9.17) is 9.15 Å². The molecule has 1 N–H and O–H groups in total. The molecule has 2 aromatic carbocycles. The maximum Gasteiger partial charge on any atom is 0.342 e. The second-order valence-electron chi connectivity index (χ2n) is 5.29. The number of phenolic OH excluding ortho intramolecular Hbond substituents is 1. The number of hydrogen-bond donors (Lipinski definition) is 1. The molecule has 4 heteroatoms. The molecule has 0 fully saturated rings. The molecule has 0 saturated carbocycles. The molecule has 1 aromatic heterocycles. The van der Waals surface area contributed by atoms with Crippen molar-refractivity contribution in [3.8, 4) is 5.75 Å². The standard InChI is InChI=1S/C19H18O4/c1-2-22-19(21)18-15-8-3-4-9-16(15)23-17(18)11-10-13-6-5-7-14(20)12-13/h3-9,12,20H,2,10-11H2,1H3. The number of carbonyl (C=O) groups is 1. The van der Waals surface area contributed by atoms with Crippen LogP contribution in [0.4, 0.5) is 0 Å². The molecule has 0 atom stereocenters. The van der Waals surface area contributed by atoms with Gasteiger partial charge in [0.1, 0.15) is 22.7 Å². The largest absolute Gasteiger partial charge is 0.508 e. The summed E-state index contributed by atoms with van der Waals surface area (Å²) in [5, 5.41) is 10.3. The van der Waals surface area contributed by atoms with E-state index in [1.807, 2.05) is 30.3 Å². The fourth-order valence-electron chi connectivity index (χ4n) is 2.67. The van der Waals surface area contributed by atoms with Crippen LogP contribution in [-0.2, 0) is 17.6 Å². The molecule has 3 aromatic rings. The molecule has 0 amide bonds. The van der Waals surface area contributed by atoms with Gasteiger partial charge in [0.25, 0.3) is 0 Å². The van der Waals surface area contributed by atoms with Crippen molar-refractivity contribution in [2.45, 2.75) is 19.8 Å². The number of phenols is 1. The van der Waals surface area contributed by atoms with Crippen LogP contribution in [0.1, 0.15) is 28.6 Å². The van der Waals surface area contributed by atoms with Gasteiger partial charge in [-0.15, -0.1) is 0 Å². The number of rotatable bonds is 5. The predicted octanol–water partition coefficient (Wildman–Crippen LogP) is 4.10. The molecule has 0 spiro atoms. The Bertz CT molecular complexity index is 832. The van der Waals surface area contributed by atoms with Gasteiger partial charge in [0, 0.05) is 11.8 Å². The highest BCUT2D eigenvalue weighted by atomic mass is 16.5. The summed E-state index contributed by atoms with van der Waals surface area (Å²) < 4.78 is 11.0. The Morgan fingerprint density at radius 3 is 2.74 bits per heavy atom. The van der Waals surface area contributed by atoms with E-state index in [0.29, 0.717) is 36.4 Å². The summed E-state index contributed by atoms with van der Waals surface area (Å²) in [4.78, 5) is 12.3. The number of benzene rings is 2. The molecule has 118 valence electrons. The molecule has 0 aliphatic rings. The number of aryl methyl sites for hydroxylation is 2. The summed E-state index contributed by atoms with van der Waals surface area (Å²) in [7, 11) is 0. The van der Waals surface area contributed by atoms with Crippen molar-refractivity contribution in [2.24, 2.45) is 0 Å². The van der Waals surface area contributed by atoms with Crippen molar-refractivity contribution in [3.63, 3.8) is 0 Å². The van der Waals surface area contributed by atoms with Crippen LogP contribution in [0.3, 0.4) is 0 Å². The van der Waals surface area contributed by atoms with E-state index in [1.165, 1.54) is 0 Å². The van der Waals surface area contributed by atoms with Gasteiger partial charge in [0.05, 0.1) is 6.61 Å². The first-order valence-corrected chi connectivity index (χ1v) is 7.64. The highest BCUT2D eigenvalue weighted by Crippen LogP contribution is 2.28. The molecule has 0 radical (unpaired) electrons. The fraction of sp³-hybridized carbons (Fsp3) is 0.211. The van der Waals surface area contributed by atoms with E-state index < -0.39 is 0 Å². The Hall–Kier alpha value is -2.75. The zero-order valence-corrected chi connectivity index (χ0v) is 12.9. The normalized spacial score (nSPS) is 10.8. The molecular formula is C19H18O4. The lowest BCUT2D eigenvalue weighted by Gasteiger charge is -2.04. The molecule has 0 unspecified atom stereocenters. The number of hydrogen-bond acceptors (Lipinski definition) is 4. The van der Waals surface area contributed by atoms with E-state index in [9.17, 15) is 9.90 Å². The van der Waals surface area contributed by atoms with Gasteiger partial charge in [-0.2, -0.15) is 0 Å². The average molecular weight is 310 g/mol. The number of furan rings is 1. The lowest BCUT2D eigenvalue weighted by Crippen LogP contribution is -2.07. The van der Waals surface area contributed by atoms with Crippen molar-refractivity contribution >= 4 is 16.9 Å². The first kappa shape index (κ1) is 15.2. The van der Waals surface area contributed by atoms with Crippen LogP contribution >= 0.6 is 0 Å². The van der Waals surface area contributed by atoms with Crippen LogP contribution in [0, 0.1) is 0 Å². The molecule has 3 rings (SSSR count). The van der Waals surface area contributed by atoms with Crippen LogP contribution in [0.25, 0.3) is 11.0 Å². The van der Waals surface area contributed by atoms with Gasteiger partial charge in [-0.25, -0.2) is 4.79 Å². The molecule has 4 nitrogen and oxygen atoms in total. The van der Waals surface area contributed by atoms with Crippen molar-refractivity contribution in [2.75, 3.05) is 6.61 Å². The van der Waals surface area contributed by atoms with Gasteiger partial charge >= 0.3 is 5.97 Å². The van der Waals surface area contributed by atoms with E-state index in [-0.39, 0.29) is 11.7 Å². The van der Waals surface area contributed by atoms with Gasteiger partial charge in [-0.1, -0.05) is 30.3 Å². The number of para-hydroxylation sites is 1. The SMILES string of the molecule is CCOC(=O)c1c(CCc2cccc(O)c2)oc2ccccc12. The van der Waals surface area contributed by atoms with Gasteiger partial charge < -0.3 is 14.3 Å². The minimum Gasteiger partial charge on any atom is -0.508 e. The van der Waals surface area contributed by atoms with Crippen LogP contribution in [0.15, 0.2) is 52.9 Å². The summed E-state index contributed by atoms with van der Waals surface area (Å²) in [5.41, 5.74) is 2.17. The zero-order valence-electron chi connectivity index (χ0n) is 12.9. The van der Waals surface area contributed by atoms with Crippen molar-refractivity contribution in [1.29, 1.82) is 0 Å². The molecule has 0 bridgehead atoms. The highest BCUT2D eigenvalue weighted by Gasteiger charge is 2.21. The first-order valence-electron chi connectivity index (χ1n) is 7.64. The van der Waals surface area contributed by atoms with Gasteiger partial charge in [-0.05, 0) is 37.1 Å². The van der Waals surface area contributed by atoms with Crippen molar-refractivity contribution in [1.82, 2.24) is 0 Å². The number of esters is 1. The third-order valence-corrected chi connectivity index (χ3v) is 3.70. The summed E-state index contributed by atoms with van der Waals surface area (Å²) in [6.07, 6.45) is 1.23. The van der Waals surface area contributed by atoms with Gasteiger partial charge in [0.15, 0.2) is 0 Å². The molecule has 1 heterocycles. The Labute approximate surface area is 134 Å². The predicted molar refractivity (Wildman–Crippen MR) is 87.7 cm³/mol. The van der Waals surface area contributed by atoms with E-state index in [2.05, 4.69) is 0 Å². The first-order chi connectivity index (χ1) is 11.2. The molecular weight excluding hydrogens is 292 g/mol. The van der Waals surface area contributed by atoms with Gasteiger partial charge in [-0.3, -0.25) is 0 Å². The Kier molecular flexibility index (Phi) is 4.33. The quantitative estimate of drug-likeness (QED) is 0.721. The molecule has 0 saturated heterocycles. The maximum absolute atomic E-state index is 12.3. The third kappa shape index (κ3) is 3.21. The second-order valence-corrected chi connectivity index (χ2v) is 5.29. The topological polar surface area (TPSA) is 59.7 Å². The number of carbonyl (C=O) groups excluding carboxylic acids is 1. The average Bonchev–Trinajstić information content (AvgIpc) is 2.91. The van der Waals surface area contributed by atoms with E-state index in [0.717, 1.165) is 10.9 Å². The third-order valence-electron chi connectivity index (χ3n) is 3.70. The smallest absolute Gasteiger partial charge is 0.342 e. The lowest BCUT2D eigenvalue weighted by molar-refractivity contribution is 0.0526. The lowest BCUT2D eigenvalue weighted by atomic mass is 10.0. The number of fused-ring (bicyclic) bond motifs is 1. The molecule has 23 heavy (non-hydrogen) atoms. The van der Waals surface area contributed by atoms with E-state index >= 15 is 0 Å². The van der Waals surface area contributed by atoms with Gasteiger partial charge in [0.2, 0.25) is 0 Å². The monoisotopic (exact) mass is 310 g/mol. The highest BCUT2D eigenvalue weighted by molar-refractivity contribution is 6.04. The summed E-state index contributed by atoms with van der Waals surface area (Å²) in [6.45, 7) is 2.11. The summed E-state index contributed by atoms with van der Waals surface area (Å²) in [5.74, 6) is 0.495. The maximum atomic E-state index is 12.3. The minimum atomic E-state index is -0.358. The van der Waals surface area contributed by atoms with E-state index in [1.54, 1.807) is 25.1 Å². The van der Waals surface area contributed by atoms with Crippen LogP contribution in [0.5, 0.6) is 5.75 Å². The molecule has 0 aliphatic heterocycles. The zero-order chi connectivity index (χ0) is 16.2. The van der Waals surface area contributed by atoms with Crippen LogP contribution in [-0.4, -0.2) is 17.7 Å². The minimum absolute atomic E-state index is 0.234. The van der Waals surface area contributed by atoms with Crippen molar-refractivity contribution < 1.29 is 19.1 Å². The number of aromatic hydroxyl groups is 1. The van der Waals surface area contributed by atoms with Crippen LogP contribution in [0.2, 0.25) is 0 Å². The van der Waals surface area contributed by atoms with Crippen molar-refractivity contribution in [3.05, 3.63) is 65.4 Å². The summed E-state index contributed by atoms with van der Waals surface area (Å²) >= 11 is 0. The van der Waals surface area contributed by atoms with Crippen LogP contribution < -0.4 is 0 Å². The Morgan fingerprint density at radius 1 is 1.13 bits per heavy atom. The number of ether oxygens (including phenoxy) is 1. The Balaban J connectivity index is 1.93.